The van der Waals surface area contributed by atoms with Crippen LogP contribution in [0.1, 0.15) is 62.8 Å². The highest BCUT2D eigenvalue weighted by molar-refractivity contribution is 6.31. The Bertz CT molecular complexity index is 1810. The Morgan fingerprint density at radius 1 is 1.04 bits per heavy atom. The summed E-state index contributed by atoms with van der Waals surface area (Å²) in [6.45, 7) is 5.63. The second kappa shape index (κ2) is 14.4. The number of aromatic nitrogens is 2. The van der Waals surface area contributed by atoms with Crippen LogP contribution in [0.2, 0.25) is 5.02 Å². The van der Waals surface area contributed by atoms with Gasteiger partial charge < -0.3 is 25.4 Å². The molecule has 2 heterocycles. The largest absolute Gasteiger partial charge is 0.507 e. The third-order valence-corrected chi connectivity index (χ3v) is 7.71. The molecule has 1 unspecified atom stereocenters. The number of alkyl carbamates (subject to hydrolysis) is 1. The van der Waals surface area contributed by atoms with Crippen LogP contribution in [0, 0.1) is 11.8 Å². The highest BCUT2D eigenvalue weighted by atomic mass is 35.5. The van der Waals surface area contributed by atoms with Gasteiger partial charge in [0, 0.05) is 34.6 Å². The first-order chi connectivity index (χ1) is 22.5. The first kappa shape index (κ1) is 33.1. The maximum atomic E-state index is 14.0. The van der Waals surface area contributed by atoms with Crippen molar-refractivity contribution in [2.24, 2.45) is 0 Å². The minimum absolute atomic E-state index is 0.0396. The van der Waals surface area contributed by atoms with Gasteiger partial charge in [-0.3, -0.25) is 14.7 Å². The van der Waals surface area contributed by atoms with E-state index in [1.165, 1.54) is 6.07 Å². The Kier molecular flexibility index (Phi) is 10.2. The summed E-state index contributed by atoms with van der Waals surface area (Å²) in [5.41, 5.74) is 2.62. The number of ether oxygens (including phenoxy) is 1. The minimum atomic E-state index is -1.02. The van der Waals surface area contributed by atoms with Crippen LogP contribution in [0.25, 0.3) is 11.3 Å². The summed E-state index contributed by atoms with van der Waals surface area (Å²) in [6.07, 6.45) is 2.94. The number of phenols is 1. The van der Waals surface area contributed by atoms with Crippen molar-refractivity contribution in [3.8, 4) is 28.8 Å². The van der Waals surface area contributed by atoms with E-state index >= 15 is 0 Å². The number of H-pyrrole nitrogens is 1. The number of amides is 3. The maximum absolute atomic E-state index is 14.0. The van der Waals surface area contributed by atoms with Crippen molar-refractivity contribution in [2.45, 2.75) is 57.7 Å². The van der Waals surface area contributed by atoms with Gasteiger partial charge in [-0.05, 0) is 88.1 Å². The molecule has 1 aromatic heterocycles. The topological polar surface area (TPSA) is 137 Å². The van der Waals surface area contributed by atoms with E-state index in [0.29, 0.717) is 51.6 Å². The molecule has 3 aromatic carbocycles. The van der Waals surface area contributed by atoms with Crippen molar-refractivity contribution in [3.63, 3.8) is 0 Å². The molecule has 242 valence electrons. The Morgan fingerprint density at radius 3 is 2.51 bits per heavy atom. The van der Waals surface area contributed by atoms with Gasteiger partial charge in [0.2, 0.25) is 5.91 Å². The van der Waals surface area contributed by atoms with Crippen LogP contribution in [0.5, 0.6) is 5.75 Å². The number of nitrogens with zero attached hydrogens (tertiary/aromatic N) is 2. The molecular formula is C36H36ClN5O5. The van der Waals surface area contributed by atoms with Gasteiger partial charge in [0.1, 0.15) is 29.1 Å². The quantitative estimate of drug-likeness (QED) is 0.177. The van der Waals surface area contributed by atoms with E-state index in [2.05, 4.69) is 32.7 Å². The van der Waals surface area contributed by atoms with Crippen LogP contribution in [0.3, 0.4) is 0 Å². The first-order valence-electron chi connectivity index (χ1n) is 15.3. The fourth-order valence-electron chi connectivity index (χ4n) is 5.28. The van der Waals surface area contributed by atoms with E-state index < -0.39 is 23.8 Å². The number of anilines is 1. The summed E-state index contributed by atoms with van der Waals surface area (Å²) in [7, 11) is 0. The third-order valence-electron chi connectivity index (χ3n) is 7.48. The van der Waals surface area contributed by atoms with E-state index in [1.807, 2.05) is 6.07 Å². The van der Waals surface area contributed by atoms with E-state index in [0.717, 1.165) is 12.8 Å². The monoisotopic (exact) mass is 653 g/mol. The molecule has 0 saturated carbocycles. The fourth-order valence-corrected chi connectivity index (χ4v) is 5.45. The van der Waals surface area contributed by atoms with Gasteiger partial charge >= 0.3 is 6.09 Å². The molecule has 10 nitrogen and oxygen atoms in total. The lowest BCUT2D eigenvalue weighted by atomic mass is 9.98. The zero-order chi connectivity index (χ0) is 33.6. The van der Waals surface area contributed by atoms with E-state index in [9.17, 15) is 19.5 Å². The molecule has 47 heavy (non-hydrogen) atoms. The average molecular weight is 654 g/mol. The van der Waals surface area contributed by atoms with Crippen LogP contribution in [0.15, 0.2) is 79.0 Å². The molecule has 4 N–H and O–H groups in total. The molecule has 3 amide bonds. The normalized spacial score (nSPS) is 15.1. The van der Waals surface area contributed by atoms with Gasteiger partial charge in [-0.2, -0.15) is 5.10 Å². The number of rotatable bonds is 6. The molecule has 0 bridgehead atoms. The molecule has 1 aliphatic rings. The van der Waals surface area contributed by atoms with Gasteiger partial charge in [0.15, 0.2) is 0 Å². The Labute approximate surface area is 278 Å². The summed E-state index contributed by atoms with van der Waals surface area (Å²) < 4.78 is 5.43. The van der Waals surface area contributed by atoms with Crippen molar-refractivity contribution in [2.75, 3.05) is 11.9 Å². The van der Waals surface area contributed by atoms with Gasteiger partial charge in [-0.15, -0.1) is 0 Å². The number of phenolic OH excluding ortho intramolecular Hbond substituents is 1. The molecule has 0 radical (unpaired) electrons. The van der Waals surface area contributed by atoms with Crippen molar-refractivity contribution < 1.29 is 24.2 Å². The molecule has 1 aliphatic heterocycles. The molecule has 5 rings (SSSR count). The Hall–Kier alpha value is -5.27. The van der Waals surface area contributed by atoms with Crippen molar-refractivity contribution in [1.29, 1.82) is 0 Å². The number of carbonyl (C=O) groups excluding carboxylic acids is 3. The van der Waals surface area contributed by atoms with Crippen molar-refractivity contribution >= 4 is 35.2 Å². The number of hydrogen-bond acceptors (Lipinski definition) is 6. The predicted octanol–water partition coefficient (Wildman–Crippen LogP) is 6.42. The number of benzene rings is 3. The van der Waals surface area contributed by atoms with E-state index in [1.54, 1.807) is 92.5 Å². The average Bonchev–Trinajstić information content (AvgIpc) is 3.52. The molecule has 2 atom stereocenters. The second-order valence-corrected chi connectivity index (χ2v) is 12.6. The molecule has 11 heteroatoms. The van der Waals surface area contributed by atoms with Crippen molar-refractivity contribution in [1.82, 2.24) is 20.4 Å². The number of carbonyl (C=O) groups is 3. The van der Waals surface area contributed by atoms with Crippen molar-refractivity contribution in [3.05, 3.63) is 101 Å². The lowest BCUT2D eigenvalue weighted by Gasteiger charge is -2.37. The molecule has 4 aromatic rings. The number of likely N-dealkylation sites (tertiary alicyclic amines) is 1. The fraction of sp³-hybridized carbons (Fsp3) is 0.278. The zero-order valence-electron chi connectivity index (χ0n) is 26.3. The van der Waals surface area contributed by atoms with Crippen LogP contribution < -0.4 is 10.6 Å². The number of halogens is 1. The molecule has 1 saturated heterocycles. The summed E-state index contributed by atoms with van der Waals surface area (Å²) >= 11 is 6.10. The minimum Gasteiger partial charge on any atom is -0.507 e. The highest BCUT2D eigenvalue weighted by Gasteiger charge is 2.37. The van der Waals surface area contributed by atoms with Gasteiger partial charge in [0.25, 0.3) is 5.91 Å². The molecule has 1 fully saturated rings. The van der Waals surface area contributed by atoms with Crippen LogP contribution in [-0.4, -0.2) is 56.3 Å². The smallest absolute Gasteiger partial charge is 0.408 e. The zero-order valence-corrected chi connectivity index (χ0v) is 27.1. The third kappa shape index (κ3) is 8.51. The molecule has 0 aliphatic carbocycles. The second-order valence-electron chi connectivity index (χ2n) is 12.2. The summed E-state index contributed by atoms with van der Waals surface area (Å²) in [4.78, 5) is 41.8. The molecular weight excluding hydrogens is 618 g/mol. The van der Waals surface area contributed by atoms with E-state index in [-0.39, 0.29) is 17.6 Å². The lowest BCUT2D eigenvalue weighted by molar-refractivity contribution is -0.142. The SMILES string of the molecule is CC(C)(C)OC(=O)NC(C(=O)N1CCCC[C@H]1C(=O)Nc1ccc(C#Cc2c[nH]nc2-c2cc(Cl)ccc2O)cc1)c1ccccc1. The van der Waals surface area contributed by atoms with Gasteiger partial charge in [0.05, 0.1) is 5.56 Å². The lowest BCUT2D eigenvalue weighted by Crippen LogP contribution is -2.53. The number of aromatic hydroxyl groups is 1. The predicted molar refractivity (Wildman–Crippen MR) is 180 cm³/mol. The highest BCUT2D eigenvalue weighted by Crippen LogP contribution is 2.32. The summed E-state index contributed by atoms with van der Waals surface area (Å²) in [5.74, 6) is 5.49. The number of nitrogens with one attached hydrogen (secondary N) is 3. The van der Waals surface area contributed by atoms with Crippen LogP contribution in [0.4, 0.5) is 10.5 Å². The standard InChI is InChI=1S/C36H36ClN5O5/c1-36(2,3)47-35(46)40-32(24-9-5-4-6-10-24)34(45)42-20-8-7-11-29(42)33(44)39-27-17-13-23(14-18-27)12-15-25-22-38-41-31(25)28-21-26(37)16-19-30(28)43/h4-6,9-10,13-14,16-19,21-22,29,32,43H,7-8,11,20H2,1-3H3,(H,38,41)(H,39,44)(H,40,46)/t29-,32?/m0/s1. The number of hydrogen-bond donors (Lipinski definition) is 4. The number of piperidine rings is 1. The first-order valence-corrected chi connectivity index (χ1v) is 15.7. The summed E-state index contributed by atoms with van der Waals surface area (Å²) in [5, 5.41) is 23.4. The molecule has 0 spiro atoms. The Balaban J connectivity index is 1.29. The van der Waals surface area contributed by atoms with Crippen LogP contribution in [-0.2, 0) is 14.3 Å². The van der Waals surface area contributed by atoms with Gasteiger partial charge in [-0.1, -0.05) is 53.8 Å². The van der Waals surface area contributed by atoms with Crippen LogP contribution >= 0.6 is 11.6 Å². The Morgan fingerprint density at radius 2 is 1.79 bits per heavy atom. The van der Waals surface area contributed by atoms with E-state index in [4.69, 9.17) is 16.3 Å². The maximum Gasteiger partial charge on any atom is 0.408 e. The van der Waals surface area contributed by atoms with Gasteiger partial charge in [-0.25, -0.2) is 4.79 Å². The number of aromatic amines is 1. The summed E-state index contributed by atoms with van der Waals surface area (Å²) in [6, 6.07) is 19.0.